The molecule has 0 atom stereocenters. The molecule has 0 saturated heterocycles. The van der Waals surface area contributed by atoms with Crippen molar-refractivity contribution in [2.24, 2.45) is 7.54 Å². The maximum atomic E-state index is 12.2. The van der Waals surface area contributed by atoms with E-state index in [0.29, 0.717) is 19.6 Å². The average Bonchev–Trinajstić information content (AvgIpc) is 2.85. The van der Waals surface area contributed by atoms with E-state index < -0.39 is 29.8 Å². The minimum atomic E-state index is -4.84. The summed E-state index contributed by atoms with van der Waals surface area (Å²) >= 11 is 0. The molecule has 0 aliphatic heterocycles. The van der Waals surface area contributed by atoms with Gasteiger partial charge in [-0.2, -0.15) is 16.8 Å². The van der Waals surface area contributed by atoms with Gasteiger partial charge in [-0.3, -0.25) is 4.55 Å². The van der Waals surface area contributed by atoms with Crippen LogP contribution in [0.5, 0.6) is 0 Å². The van der Waals surface area contributed by atoms with E-state index in [1.807, 2.05) is 12.1 Å². The minimum Gasteiger partial charge on any atom is -0.267 e. The molecule has 0 aromatic heterocycles. The predicted octanol–water partition coefficient (Wildman–Crippen LogP) is 6.75. The van der Waals surface area contributed by atoms with Gasteiger partial charge in [-0.25, -0.2) is 0 Å². The Labute approximate surface area is 195 Å². The molecule has 0 heterocycles. The van der Waals surface area contributed by atoms with Crippen LogP contribution < -0.4 is 0 Å². The minimum absolute atomic E-state index is 0.464. The van der Waals surface area contributed by atoms with E-state index >= 15 is 0 Å². The van der Waals surface area contributed by atoms with Crippen LogP contribution in [-0.2, 0) is 19.9 Å². The number of nitrogens with zero attached hydrogens (tertiary/aromatic N) is 3. The van der Waals surface area contributed by atoms with Crippen molar-refractivity contribution < 1.29 is 13.0 Å². The first-order valence-corrected chi connectivity index (χ1v) is 14.4. The predicted molar refractivity (Wildman–Crippen MR) is 132 cm³/mol. The van der Waals surface area contributed by atoms with Gasteiger partial charge in [-0.1, -0.05) is 76.6 Å². The van der Waals surface area contributed by atoms with Crippen LogP contribution >= 0.6 is 9.84 Å². The van der Waals surface area contributed by atoms with Crippen molar-refractivity contribution in [3.8, 4) is 0 Å². The van der Waals surface area contributed by atoms with Crippen LogP contribution in [0.2, 0.25) is 0 Å². The van der Waals surface area contributed by atoms with Crippen LogP contribution in [0.4, 0.5) is 0 Å². The normalized spacial score (nSPS) is 12.1. The highest BCUT2D eigenvalue weighted by Gasteiger charge is 2.26. The molecule has 9 heteroatoms. The maximum Gasteiger partial charge on any atom is 0.385 e. The monoisotopic (exact) mass is 495 g/mol. The fraction of sp³-hybridized carbons (Fsp3) is 0. The zero-order valence-corrected chi connectivity index (χ0v) is 19.8. The summed E-state index contributed by atoms with van der Waals surface area (Å²) in [6.07, 6.45) is 0. The highest BCUT2D eigenvalue weighted by molar-refractivity contribution is 8.25. The quantitative estimate of drug-likeness (QED) is 0.318. The summed E-state index contributed by atoms with van der Waals surface area (Å²) in [5.74, 6) is 0. The summed E-state index contributed by atoms with van der Waals surface area (Å²) in [7, 11) is -11.1. The Bertz CT molecular complexity index is 1500. The Balaban J connectivity index is 2.26. The standard InChI is InChI=1S/C24H21N3O3S3/c25-31(21-13-5-1-6-14-21,22-15-7-2-8-16-22)26-32(27-33(28,29)30,23-17-9-3-10-18-23)24-19-11-4-12-20-24/h1-20H,(H,28,29,30). The molecular formula is C24H21N3O3S3. The fourth-order valence-corrected chi connectivity index (χ4v) is 10.7. The Morgan fingerprint density at radius 3 is 1.12 bits per heavy atom. The first-order valence-electron chi connectivity index (χ1n) is 9.89. The molecule has 0 aliphatic carbocycles. The van der Waals surface area contributed by atoms with E-state index in [1.165, 1.54) is 0 Å². The summed E-state index contributed by atoms with van der Waals surface area (Å²) in [5.41, 5.74) is 0. The summed E-state index contributed by atoms with van der Waals surface area (Å²) in [6, 6.07) is 35.2. The van der Waals surface area contributed by atoms with Gasteiger partial charge >= 0.3 is 10.3 Å². The molecule has 168 valence electrons. The highest BCUT2D eigenvalue weighted by Crippen LogP contribution is 2.53. The summed E-state index contributed by atoms with van der Waals surface area (Å²) in [4.78, 5) is 1.97. The first kappa shape index (κ1) is 23.0. The van der Waals surface area contributed by atoms with E-state index in [2.05, 4.69) is 3.77 Å². The van der Waals surface area contributed by atoms with E-state index in [4.69, 9.17) is 3.77 Å². The molecule has 33 heavy (non-hydrogen) atoms. The molecule has 1 N–H and O–H groups in total. The van der Waals surface area contributed by atoms with Gasteiger partial charge in [0.05, 0.1) is 9.84 Å². The van der Waals surface area contributed by atoms with Crippen molar-refractivity contribution in [1.29, 1.82) is 4.61 Å². The molecule has 0 aliphatic rings. The number of hydrogen-bond acceptors (Lipinski definition) is 4. The Morgan fingerprint density at radius 1 is 0.515 bits per heavy atom. The first-order chi connectivity index (χ1) is 15.8. The molecule has 0 spiro atoms. The molecular weight excluding hydrogens is 474 g/mol. The molecule has 0 radical (unpaired) electrons. The molecule has 4 aromatic carbocycles. The van der Waals surface area contributed by atoms with Gasteiger partial charge in [0.1, 0.15) is 0 Å². The van der Waals surface area contributed by atoms with Crippen molar-refractivity contribution in [1.82, 2.24) is 0 Å². The molecule has 0 amide bonds. The highest BCUT2D eigenvalue weighted by atomic mass is 32.3. The fourth-order valence-electron chi connectivity index (χ4n) is 3.28. The van der Waals surface area contributed by atoms with Gasteiger partial charge in [0.15, 0.2) is 0 Å². The third kappa shape index (κ3) is 4.93. The van der Waals surface area contributed by atoms with Crippen molar-refractivity contribution in [2.75, 3.05) is 0 Å². The lowest BCUT2D eigenvalue weighted by atomic mass is 10.4. The molecule has 0 unspecified atom stereocenters. The maximum absolute atomic E-state index is 12.2. The van der Waals surface area contributed by atoms with E-state index in [0.717, 1.165) is 0 Å². The van der Waals surface area contributed by atoms with Crippen molar-refractivity contribution in [3.05, 3.63) is 121 Å². The van der Waals surface area contributed by atoms with Gasteiger partial charge in [0, 0.05) is 29.2 Å². The molecule has 6 nitrogen and oxygen atoms in total. The third-order valence-electron chi connectivity index (χ3n) is 4.71. The van der Waals surface area contributed by atoms with Gasteiger partial charge in [-0.15, -0.1) is 0 Å². The molecule has 4 rings (SSSR count). The van der Waals surface area contributed by atoms with Gasteiger partial charge in [-0.05, 0) is 48.5 Å². The lowest BCUT2D eigenvalue weighted by molar-refractivity contribution is 0.486. The summed E-state index contributed by atoms with van der Waals surface area (Å²) in [5, 5.41) is 0. The van der Waals surface area contributed by atoms with Gasteiger partial charge < -0.3 is 0 Å². The molecule has 4 aromatic rings. The molecule has 0 saturated carbocycles. The zero-order valence-electron chi connectivity index (χ0n) is 17.4. The van der Waals surface area contributed by atoms with Crippen LogP contribution in [0.15, 0.2) is 148 Å². The van der Waals surface area contributed by atoms with E-state index in [1.54, 1.807) is 109 Å². The van der Waals surface area contributed by atoms with Crippen LogP contribution in [-0.4, -0.2) is 13.0 Å². The van der Waals surface area contributed by atoms with E-state index in [-0.39, 0.29) is 0 Å². The number of benzene rings is 4. The van der Waals surface area contributed by atoms with Crippen LogP contribution in [0.1, 0.15) is 0 Å². The average molecular weight is 496 g/mol. The van der Waals surface area contributed by atoms with Crippen LogP contribution in [0.3, 0.4) is 0 Å². The molecule has 0 fully saturated rings. The Kier molecular flexibility index (Phi) is 6.51. The Morgan fingerprint density at radius 2 is 0.818 bits per heavy atom. The van der Waals surface area contributed by atoms with Gasteiger partial charge in [0.25, 0.3) is 0 Å². The van der Waals surface area contributed by atoms with Gasteiger partial charge in [0.2, 0.25) is 0 Å². The topological polar surface area (TPSA) is 103 Å². The molecule has 0 bridgehead atoms. The van der Waals surface area contributed by atoms with Crippen molar-refractivity contribution in [2.45, 2.75) is 19.6 Å². The SMILES string of the molecule is N#S(N=S(=NS(=O)(=O)O)(c1ccccc1)c1ccccc1)(c1ccccc1)c1ccccc1. The smallest absolute Gasteiger partial charge is 0.267 e. The number of rotatable bonds is 3. The second-order valence-electron chi connectivity index (χ2n) is 6.95. The lowest BCUT2D eigenvalue weighted by Gasteiger charge is -2.22. The number of hydrogen-bond donors (Lipinski definition) is 1. The zero-order chi connectivity index (χ0) is 23.4. The third-order valence-corrected chi connectivity index (χ3v) is 11.8. The second-order valence-corrected chi connectivity index (χ2v) is 13.1. The van der Waals surface area contributed by atoms with Crippen LogP contribution in [0, 0.1) is 4.61 Å². The second kappa shape index (κ2) is 9.35. The van der Waals surface area contributed by atoms with Crippen molar-refractivity contribution >= 4 is 29.8 Å². The van der Waals surface area contributed by atoms with Crippen molar-refractivity contribution in [3.63, 3.8) is 0 Å². The largest absolute Gasteiger partial charge is 0.385 e. The van der Waals surface area contributed by atoms with E-state index in [9.17, 15) is 17.6 Å². The summed E-state index contributed by atoms with van der Waals surface area (Å²) in [6.45, 7) is 0. The Hall–Kier alpha value is -3.20. The summed E-state index contributed by atoms with van der Waals surface area (Å²) < 4.78 is 55.4. The van der Waals surface area contributed by atoms with Crippen LogP contribution in [0.25, 0.3) is 0 Å². The lowest BCUT2D eigenvalue weighted by Crippen LogP contribution is -2.07.